The lowest BCUT2D eigenvalue weighted by Crippen LogP contribution is -2.19. The Balaban J connectivity index is 2.25. The van der Waals surface area contributed by atoms with E-state index in [1.165, 1.54) is 6.07 Å². The molecule has 0 bridgehead atoms. The van der Waals surface area contributed by atoms with Crippen molar-refractivity contribution >= 4 is 21.7 Å². The third kappa shape index (κ3) is 2.70. The normalized spacial score (nSPS) is 10.4. The summed E-state index contributed by atoms with van der Waals surface area (Å²) < 4.78 is 14.5. The summed E-state index contributed by atoms with van der Waals surface area (Å²) in [7, 11) is 1.90. The largest absolute Gasteiger partial charge is 0.354 e. The lowest BCUT2D eigenvalue weighted by Gasteiger charge is -2.20. The number of halogens is 2. The fraction of sp³-hybridized carbons (Fsp3) is 0.214. The smallest absolute Gasteiger partial charge is 0.143 e. The SMILES string of the molecule is Cc1ccnc(N(C)Cc2ccccc2F)c1Br. The molecule has 0 fully saturated rings. The van der Waals surface area contributed by atoms with Crippen molar-refractivity contribution in [3.8, 4) is 0 Å². The Kier molecular flexibility index (Phi) is 3.97. The van der Waals surface area contributed by atoms with Crippen LogP contribution in [0.1, 0.15) is 11.1 Å². The van der Waals surface area contributed by atoms with Gasteiger partial charge >= 0.3 is 0 Å². The molecule has 1 aromatic heterocycles. The van der Waals surface area contributed by atoms with E-state index in [2.05, 4.69) is 20.9 Å². The maximum absolute atomic E-state index is 13.6. The number of rotatable bonds is 3. The van der Waals surface area contributed by atoms with Gasteiger partial charge in [0.05, 0.1) is 4.47 Å². The van der Waals surface area contributed by atoms with Crippen LogP contribution in [0, 0.1) is 12.7 Å². The number of hydrogen-bond acceptors (Lipinski definition) is 2. The Morgan fingerprint density at radius 3 is 2.72 bits per heavy atom. The maximum atomic E-state index is 13.6. The van der Waals surface area contributed by atoms with Crippen LogP contribution in [0.5, 0.6) is 0 Å². The van der Waals surface area contributed by atoms with Gasteiger partial charge in [-0.3, -0.25) is 0 Å². The summed E-state index contributed by atoms with van der Waals surface area (Å²) >= 11 is 3.51. The number of benzene rings is 1. The molecular formula is C14H14BrFN2. The summed E-state index contributed by atoms with van der Waals surface area (Å²) in [6.45, 7) is 2.49. The summed E-state index contributed by atoms with van der Waals surface area (Å²) in [4.78, 5) is 6.25. The molecule has 2 aromatic rings. The van der Waals surface area contributed by atoms with Crippen LogP contribution < -0.4 is 4.90 Å². The molecule has 0 amide bonds. The van der Waals surface area contributed by atoms with E-state index in [1.807, 2.05) is 31.0 Å². The van der Waals surface area contributed by atoms with Crippen molar-refractivity contribution in [2.45, 2.75) is 13.5 Å². The molecular weight excluding hydrogens is 295 g/mol. The molecule has 1 heterocycles. The number of hydrogen-bond donors (Lipinski definition) is 0. The van der Waals surface area contributed by atoms with Crippen molar-refractivity contribution < 1.29 is 4.39 Å². The minimum absolute atomic E-state index is 0.187. The van der Waals surface area contributed by atoms with Crippen molar-refractivity contribution in [3.05, 3.63) is 57.9 Å². The first-order valence-corrected chi connectivity index (χ1v) is 6.44. The van der Waals surface area contributed by atoms with E-state index in [4.69, 9.17) is 0 Å². The van der Waals surface area contributed by atoms with E-state index < -0.39 is 0 Å². The van der Waals surface area contributed by atoms with Gasteiger partial charge in [-0.15, -0.1) is 0 Å². The van der Waals surface area contributed by atoms with E-state index in [9.17, 15) is 4.39 Å². The van der Waals surface area contributed by atoms with Crippen LogP contribution >= 0.6 is 15.9 Å². The van der Waals surface area contributed by atoms with Gasteiger partial charge in [0.1, 0.15) is 11.6 Å². The highest BCUT2D eigenvalue weighted by Gasteiger charge is 2.11. The summed E-state index contributed by atoms with van der Waals surface area (Å²) in [5.41, 5.74) is 1.77. The predicted molar refractivity (Wildman–Crippen MR) is 75.2 cm³/mol. The van der Waals surface area contributed by atoms with Crippen molar-refractivity contribution in [3.63, 3.8) is 0 Å². The molecule has 2 rings (SSSR count). The molecule has 18 heavy (non-hydrogen) atoms. The van der Waals surface area contributed by atoms with Crippen molar-refractivity contribution in [1.82, 2.24) is 4.98 Å². The highest BCUT2D eigenvalue weighted by Crippen LogP contribution is 2.27. The summed E-state index contributed by atoms with van der Waals surface area (Å²) in [6.07, 6.45) is 1.76. The zero-order valence-electron chi connectivity index (χ0n) is 10.3. The van der Waals surface area contributed by atoms with Crippen LogP contribution in [0.15, 0.2) is 41.0 Å². The quantitative estimate of drug-likeness (QED) is 0.854. The third-order valence-corrected chi connectivity index (χ3v) is 3.77. The van der Waals surface area contributed by atoms with Gasteiger partial charge in [-0.1, -0.05) is 18.2 Å². The van der Waals surface area contributed by atoms with Gasteiger partial charge in [-0.25, -0.2) is 9.37 Å². The Labute approximate surface area is 115 Å². The Bertz CT molecular complexity index is 557. The molecule has 4 heteroatoms. The van der Waals surface area contributed by atoms with Crippen LogP contribution in [-0.2, 0) is 6.54 Å². The van der Waals surface area contributed by atoms with E-state index >= 15 is 0 Å². The standard InChI is InChI=1S/C14H14BrFN2/c1-10-7-8-17-14(13(10)15)18(2)9-11-5-3-4-6-12(11)16/h3-8H,9H2,1-2H3. The topological polar surface area (TPSA) is 16.1 Å². The third-order valence-electron chi connectivity index (χ3n) is 2.79. The Morgan fingerprint density at radius 1 is 1.28 bits per heavy atom. The van der Waals surface area contributed by atoms with Crippen molar-refractivity contribution in [2.75, 3.05) is 11.9 Å². The molecule has 0 aliphatic heterocycles. The number of aryl methyl sites for hydroxylation is 1. The summed E-state index contributed by atoms with van der Waals surface area (Å²) in [6, 6.07) is 8.73. The molecule has 94 valence electrons. The fourth-order valence-corrected chi connectivity index (χ4v) is 2.29. The van der Waals surface area contributed by atoms with Crippen LogP contribution in [0.2, 0.25) is 0 Å². The van der Waals surface area contributed by atoms with Gasteiger partial charge in [0.25, 0.3) is 0 Å². The minimum Gasteiger partial charge on any atom is -0.354 e. The van der Waals surface area contributed by atoms with Crippen molar-refractivity contribution in [1.29, 1.82) is 0 Å². The molecule has 0 unspecified atom stereocenters. The summed E-state index contributed by atoms with van der Waals surface area (Å²) in [5, 5.41) is 0. The molecule has 0 aliphatic carbocycles. The zero-order valence-corrected chi connectivity index (χ0v) is 11.9. The first kappa shape index (κ1) is 13.0. The monoisotopic (exact) mass is 308 g/mol. The predicted octanol–water partition coefficient (Wildman–Crippen LogP) is 3.93. The highest BCUT2D eigenvalue weighted by molar-refractivity contribution is 9.10. The second kappa shape index (κ2) is 5.48. The second-order valence-electron chi connectivity index (χ2n) is 4.21. The maximum Gasteiger partial charge on any atom is 0.143 e. The van der Waals surface area contributed by atoms with Crippen molar-refractivity contribution in [2.24, 2.45) is 0 Å². The van der Waals surface area contributed by atoms with E-state index in [-0.39, 0.29) is 5.82 Å². The molecule has 1 aromatic carbocycles. The zero-order chi connectivity index (χ0) is 13.1. The van der Waals surface area contributed by atoms with E-state index in [0.717, 1.165) is 15.9 Å². The van der Waals surface area contributed by atoms with Gasteiger partial charge in [-0.05, 0) is 40.5 Å². The lowest BCUT2D eigenvalue weighted by molar-refractivity contribution is 0.607. The molecule has 0 N–H and O–H groups in total. The average Bonchev–Trinajstić information content (AvgIpc) is 2.35. The van der Waals surface area contributed by atoms with Gasteiger partial charge in [0.2, 0.25) is 0 Å². The number of nitrogens with zero attached hydrogens (tertiary/aromatic N) is 2. The lowest BCUT2D eigenvalue weighted by atomic mass is 10.2. The number of pyridine rings is 1. The Morgan fingerprint density at radius 2 is 2.00 bits per heavy atom. The molecule has 0 atom stereocenters. The van der Waals surface area contributed by atoms with Crippen LogP contribution in [0.25, 0.3) is 0 Å². The van der Waals surface area contributed by atoms with Gasteiger partial charge in [-0.2, -0.15) is 0 Å². The van der Waals surface area contributed by atoms with Gasteiger partial charge in [0.15, 0.2) is 0 Å². The molecule has 0 saturated carbocycles. The molecule has 0 aliphatic rings. The van der Waals surface area contributed by atoms with E-state index in [1.54, 1.807) is 18.3 Å². The Hall–Kier alpha value is -1.42. The number of aromatic nitrogens is 1. The van der Waals surface area contributed by atoms with Crippen LogP contribution in [0.3, 0.4) is 0 Å². The second-order valence-corrected chi connectivity index (χ2v) is 5.01. The van der Waals surface area contributed by atoms with E-state index in [0.29, 0.717) is 12.1 Å². The highest BCUT2D eigenvalue weighted by atomic mass is 79.9. The van der Waals surface area contributed by atoms with Crippen LogP contribution in [-0.4, -0.2) is 12.0 Å². The summed E-state index contributed by atoms with van der Waals surface area (Å²) in [5.74, 6) is 0.631. The first-order valence-electron chi connectivity index (χ1n) is 5.65. The van der Waals surface area contributed by atoms with Gasteiger partial charge in [0, 0.05) is 25.4 Å². The molecule has 0 saturated heterocycles. The van der Waals surface area contributed by atoms with Gasteiger partial charge < -0.3 is 4.90 Å². The van der Waals surface area contributed by atoms with Crippen LogP contribution in [0.4, 0.5) is 10.2 Å². The molecule has 0 spiro atoms. The molecule has 2 nitrogen and oxygen atoms in total. The number of anilines is 1. The average molecular weight is 309 g/mol. The first-order chi connectivity index (χ1) is 8.59. The molecule has 0 radical (unpaired) electrons. The minimum atomic E-state index is -0.187. The fourth-order valence-electron chi connectivity index (χ4n) is 1.75.